The molecule has 112 valence electrons. The Morgan fingerprint density at radius 2 is 0.714 bits per heavy atom. The monoisotopic (exact) mass is 470 g/mol. The maximum atomic E-state index is 9.44. The van der Waals surface area contributed by atoms with Crippen LogP contribution >= 0.6 is 31.3 Å². The second-order valence-corrected chi connectivity index (χ2v) is 6.96. The molecule has 0 heterocycles. The maximum Gasteiger partial charge on any atom is 2.00 e. The summed E-state index contributed by atoms with van der Waals surface area (Å²) in [5, 5.41) is 0. The van der Waals surface area contributed by atoms with Crippen molar-refractivity contribution in [2.45, 2.75) is 0 Å². The normalized spacial score (nSPS) is 16.4. The van der Waals surface area contributed by atoms with E-state index in [-0.39, 0.29) is 113 Å². The van der Waals surface area contributed by atoms with Crippen LogP contribution in [0, 0.1) is 0 Å². The first-order valence-electron chi connectivity index (χ1n) is 2.96. The zero-order chi connectivity index (χ0) is 15.4. The van der Waals surface area contributed by atoms with Crippen LogP contribution in [-0.2, 0) is 26.9 Å². The molecule has 0 spiro atoms. The van der Waals surface area contributed by atoms with Crippen LogP contribution in [0.25, 0.3) is 0 Å². The van der Waals surface area contributed by atoms with Crippen LogP contribution in [-0.4, -0.2) is 123 Å². The van der Waals surface area contributed by atoms with Crippen molar-refractivity contribution < 1.29 is 66.0 Å². The van der Waals surface area contributed by atoms with Crippen molar-refractivity contribution in [2.75, 3.05) is 0 Å². The van der Waals surface area contributed by atoms with Crippen molar-refractivity contribution >= 4 is 145 Å². The molecule has 0 bridgehead atoms. The van der Waals surface area contributed by atoms with Crippen molar-refractivity contribution in [1.82, 2.24) is 0 Å². The van der Waals surface area contributed by atoms with Gasteiger partial charge in [-0.1, -0.05) is 0 Å². The second-order valence-electron chi connectivity index (χ2n) is 1.99. The quantitative estimate of drug-likeness (QED) is 0.286. The summed E-state index contributed by atoms with van der Waals surface area (Å²) in [5.41, 5.74) is 0. The molecule has 0 saturated carbocycles. The van der Waals surface area contributed by atoms with Gasteiger partial charge in [-0.05, 0) is 0 Å². The first kappa shape index (κ1) is 36.3. The second kappa shape index (κ2) is 14.4. The minimum Gasteiger partial charge on any atom is -0.790 e. The summed E-state index contributed by atoms with van der Waals surface area (Å²) in [6, 6.07) is 0. The molecular formula is H2Ca3O14P4. The van der Waals surface area contributed by atoms with E-state index in [9.17, 15) is 47.6 Å². The molecule has 2 unspecified atom stereocenters. The van der Waals surface area contributed by atoms with E-state index in [1.807, 2.05) is 0 Å². The molecule has 0 aliphatic rings. The van der Waals surface area contributed by atoms with Crippen LogP contribution in [0.4, 0.5) is 0 Å². The van der Waals surface area contributed by atoms with Gasteiger partial charge in [0, 0.05) is 0 Å². The average molecular weight is 470 g/mol. The van der Waals surface area contributed by atoms with Crippen LogP contribution < -0.4 is 29.4 Å². The predicted octanol–water partition coefficient (Wildman–Crippen LogP) is -6.56. The molecule has 0 amide bonds. The summed E-state index contributed by atoms with van der Waals surface area (Å²) in [4.78, 5) is 71.4. The Morgan fingerprint density at radius 3 is 0.714 bits per heavy atom. The molecule has 0 saturated heterocycles. The molecule has 0 aromatic heterocycles. The van der Waals surface area contributed by atoms with Gasteiger partial charge in [0.25, 0.3) is 15.6 Å². The molecule has 0 aliphatic carbocycles. The third kappa shape index (κ3) is 45.5. The zero-order valence-corrected chi connectivity index (χ0v) is 19.9. The third-order valence-electron chi connectivity index (χ3n) is 0.406. The summed E-state index contributed by atoms with van der Waals surface area (Å²) in [5.74, 6) is 0. The molecule has 0 aromatic rings. The van der Waals surface area contributed by atoms with Gasteiger partial charge in [0.2, 0.25) is 0 Å². The van der Waals surface area contributed by atoms with E-state index in [1.54, 1.807) is 0 Å². The van der Waals surface area contributed by atoms with Crippen molar-refractivity contribution in [3.05, 3.63) is 0 Å². The Hall–Kier alpha value is 4.30. The Kier molecular flexibility index (Phi) is 24.8. The Bertz CT molecular complexity index is 349. The molecule has 0 radical (unpaired) electrons. The van der Waals surface area contributed by atoms with E-state index in [0.29, 0.717) is 0 Å². The molecule has 0 rings (SSSR count). The summed E-state index contributed by atoms with van der Waals surface area (Å²) in [6.07, 6.45) is 0. The van der Waals surface area contributed by atoms with Gasteiger partial charge >= 0.3 is 113 Å². The molecule has 0 aromatic carbocycles. The molecule has 14 nitrogen and oxygen atoms in total. The van der Waals surface area contributed by atoms with Gasteiger partial charge in [-0.2, -0.15) is 0 Å². The van der Waals surface area contributed by atoms with E-state index >= 15 is 0 Å². The number of phosphoric acid groups is 4. The summed E-state index contributed by atoms with van der Waals surface area (Å²) in [6.45, 7) is 0. The molecule has 2 N–H and O–H groups in total. The van der Waals surface area contributed by atoms with E-state index in [4.69, 9.17) is 9.79 Å². The first-order valence-corrected chi connectivity index (χ1v) is 8.87. The van der Waals surface area contributed by atoms with E-state index in [0.717, 1.165) is 0 Å². The van der Waals surface area contributed by atoms with Crippen molar-refractivity contribution in [1.29, 1.82) is 0 Å². The van der Waals surface area contributed by atoms with Gasteiger partial charge in [-0.15, -0.1) is 0 Å². The van der Waals surface area contributed by atoms with Crippen molar-refractivity contribution in [3.8, 4) is 0 Å². The molecule has 0 aliphatic heterocycles. The standard InChI is InChI=1S/3Ca.2H4O7P2/c;;;2*1-8(2,3)7-9(4,5)6/h;;;2*(H2,1,2,3)(H2,4,5,6)/q3*+2;;/p-6. The largest absolute Gasteiger partial charge is 2.00 e. The van der Waals surface area contributed by atoms with E-state index in [2.05, 4.69) is 8.62 Å². The smallest absolute Gasteiger partial charge is 0.790 e. The minimum absolute atomic E-state index is 0. The van der Waals surface area contributed by atoms with Crippen molar-refractivity contribution in [2.24, 2.45) is 0 Å². The summed E-state index contributed by atoms with van der Waals surface area (Å²) >= 11 is 0. The predicted molar refractivity (Wildman–Crippen MR) is 54.3 cm³/mol. The molecular weight excluding hydrogens is 468 g/mol. The minimum atomic E-state index is -5.61. The van der Waals surface area contributed by atoms with Gasteiger partial charge in [0.1, 0.15) is 0 Å². The summed E-state index contributed by atoms with van der Waals surface area (Å²) in [7, 11) is -22.1. The van der Waals surface area contributed by atoms with Crippen LogP contribution in [0.5, 0.6) is 0 Å². The fourth-order valence-electron chi connectivity index (χ4n) is 0.253. The zero-order valence-electron chi connectivity index (χ0n) is 9.70. The molecule has 21 heteroatoms. The third-order valence-corrected chi connectivity index (χ3v) is 3.66. The van der Waals surface area contributed by atoms with E-state index < -0.39 is 31.3 Å². The van der Waals surface area contributed by atoms with Gasteiger partial charge in [0.05, 0.1) is 15.6 Å². The van der Waals surface area contributed by atoms with Crippen LogP contribution in [0.3, 0.4) is 0 Å². The number of hydrogen-bond acceptors (Lipinski definition) is 12. The number of hydrogen-bond donors (Lipinski definition) is 2. The average Bonchev–Trinajstić information content (AvgIpc) is 1.64. The summed E-state index contributed by atoms with van der Waals surface area (Å²) < 4.78 is 42.9. The first-order chi connectivity index (χ1) is 7.41. The fraction of sp³-hybridized carbons (Fsp3) is 0. The van der Waals surface area contributed by atoms with Crippen molar-refractivity contribution in [3.63, 3.8) is 0 Å². The Labute approximate surface area is 207 Å². The Balaban J connectivity index is -0.0000000711. The molecule has 0 fully saturated rings. The number of rotatable bonds is 4. The van der Waals surface area contributed by atoms with Gasteiger partial charge in [-0.3, -0.25) is 17.8 Å². The van der Waals surface area contributed by atoms with E-state index in [1.165, 1.54) is 0 Å². The van der Waals surface area contributed by atoms with Crippen LogP contribution in [0.15, 0.2) is 0 Å². The van der Waals surface area contributed by atoms with Gasteiger partial charge < -0.3 is 48.3 Å². The van der Waals surface area contributed by atoms with Crippen LogP contribution in [0.2, 0.25) is 0 Å². The fourth-order valence-corrected chi connectivity index (χ4v) is 2.27. The van der Waals surface area contributed by atoms with Gasteiger partial charge in [-0.25, -0.2) is 0 Å². The SMILES string of the molecule is O=P([O-])([O-])OP(=O)([O-])O.O=P([O-])([O-])OP(=O)([O-])O.[Ca+2].[Ca+2].[Ca+2]. The topological polar surface area (TPSA) is 266 Å². The molecule has 21 heavy (non-hydrogen) atoms. The Morgan fingerprint density at radius 1 is 0.571 bits per heavy atom. The molecule has 2 atom stereocenters. The van der Waals surface area contributed by atoms with Crippen LogP contribution in [0.1, 0.15) is 0 Å². The maximum absolute atomic E-state index is 9.44. The van der Waals surface area contributed by atoms with Gasteiger partial charge in [0.15, 0.2) is 0 Å².